The van der Waals surface area contributed by atoms with E-state index in [1.165, 1.54) is 24.4 Å². The molecule has 6 nitrogen and oxygen atoms in total. The summed E-state index contributed by atoms with van der Waals surface area (Å²) in [5.74, 6) is -4.96. The first-order valence-electron chi connectivity index (χ1n) is 9.47. The van der Waals surface area contributed by atoms with Crippen molar-refractivity contribution in [2.24, 2.45) is 5.16 Å². The van der Waals surface area contributed by atoms with E-state index in [1.54, 1.807) is 12.1 Å². The van der Waals surface area contributed by atoms with Gasteiger partial charge in [-0.05, 0) is 47.5 Å². The summed E-state index contributed by atoms with van der Waals surface area (Å²) in [5.41, 5.74) is 1.00. The Morgan fingerprint density at radius 1 is 0.848 bits per heavy atom. The number of carboxylic acids is 1. The van der Waals surface area contributed by atoms with Gasteiger partial charge in [0, 0.05) is 5.56 Å². The Morgan fingerprint density at radius 3 is 2.03 bits per heavy atom. The third kappa shape index (κ3) is 6.70. The molecule has 0 saturated carbocycles. The fourth-order valence-electron chi connectivity index (χ4n) is 2.66. The SMILES string of the molecule is O=C(O)CO/N=C/c1cccc(OCc2ccc(F)c(F)c2)c1OCc1ccc(F)c(F)c1. The Morgan fingerprint density at radius 2 is 1.45 bits per heavy atom. The highest BCUT2D eigenvalue weighted by Gasteiger charge is 2.13. The molecule has 0 spiro atoms. The Kier molecular flexibility index (Phi) is 7.85. The fourth-order valence-corrected chi connectivity index (χ4v) is 2.66. The number of oxime groups is 1. The molecule has 0 bridgehead atoms. The summed E-state index contributed by atoms with van der Waals surface area (Å²) < 4.78 is 64.7. The van der Waals surface area contributed by atoms with Crippen LogP contribution >= 0.6 is 0 Å². The van der Waals surface area contributed by atoms with E-state index in [1.807, 2.05) is 0 Å². The standard InChI is InChI=1S/C23H17F4NO5/c24-17-6-4-14(8-19(17)26)11-31-21-3-1-2-16(10-28-33-13-22(29)30)23(21)32-12-15-5-7-18(25)20(27)9-15/h1-10H,11-13H2,(H,29,30)/b28-10+. The molecule has 0 aliphatic heterocycles. The number of carboxylic acid groups (broad SMARTS) is 1. The van der Waals surface area contributed by atoms with Crippen LogP contribution in [-0.2, 0) is 22.8 Å². The molecule has 3 rings (SSSR count). The van der Waals surface area contributed by atoms with Crippen LogP contribution in [0.25, 0.3) is 0 Å². The highest BCUT2D eigenvalue weighted by atomic mass is 19.2. The number of hydrogen-bond acceptors (Lipinski definition) is 5. The second-order valence-electron chi connectivity index (χ2n) is 6.65. The molecule has 0 unspecified atom stereocenters. The van der Waals surface area contributed by atoms with Crippen molar-refractivity contribution in [2.45, 2.75) is 13.2 Å². The lowest BCUT2D eigenvalue weighted by Crippen LogP contribution is -2.05. The number of carbonyl (C=O) groups is 1. The number of rotatable bonds is 10. The molecule has 0 aliphatic carbocycles. The van der Waals surface area contributed by atoms with E-state index in [9.17, 15) is 22.4 Å². The summed E-state index contributed by atoms with van der Waals surface area (Å²) in [6.45, 7) is -0.956. The van der Waals surface area contributed by atoms with Gasteiger partial charge in [-0.15, -0.1) is 0 Å². The molecule has 10 heteroatoms. The lowest BCUT2D eigenvalue weighted by Gasteiger charge is -2.15. The summed E-state index contributed by atoms with van der Waals surface area (Å²) in [7, 11) is 0. The molecule has 0 atom stereocenters. The number of ether oxygens (including phenoxy) is 2. The topological polar surface area (TPSA) is 77.4 Å². The van der Waals surface area contributed by atoms with Crippen LogP contribution in [0, 0.1) is 23.3 Å². The maximum absolute atomic E-state index is 13.5. The van der Waals surface area contributed by atoms with Crippen LogP contribution < -0.4 is 9.47 Å². The first-order chi connectivity index (χ1) is 15.8. The van der Waals surface area contributed by atoms with E-state index in [0.29, 0.717) is 16.7 Å². The molecule has 3 aromatic carbocycles. The summed E-state index contributed by atoms with van der Waals surface area (Å²) in [6.07, 6.45) is 1.19. The summed E-state index contributed by atoms with van der Waals surface area (Å²) >= 11 is 0. The minimum absolute atomic E-state index is 0.130. The average Bonchev–Trinajstić information content (AvgIpc) is 2.78. The van der Waals surface area contributed by atoms with E-state index in [0.717, 1.165) is 24.3 Å². The van der Waals surface area contributed by atoms with Crippen LogP contribution in [0.2, 0.25) is 0 Å². The first kappa shape index (κ1) is 23.6. The van der Waals surface area contributed by atoms with Gasteiger partial charge >= 0.3 is 5.97 Å². The highest BCUT2D eigenvalue weighted by molar-refractivity contribution is 5.84. The van der Waals surface area contributed by atoms with Crippen molar-refractivity contribution in [3.05, 3.63) is 94.6 Å². The largest absolute Gasteiger partial charge is 0.485 e. The normalized spacial score (nSPS) is 10.9. The molecular formula is C23H17F4NO5. The van der Waals surface area contributed by atoms with Gasteiger partial charge in [0.05, 0.1) is 6.21 Å². The third-order valence-electron chi connectivity index (χ3n) is 4.21. The fraction of sp³-hybridized carbons (Fsp3) is 0.130. The van der Waals surface area contributed by atoms with Gasteiger partial charge < -0.3 is 19.4 Å². The first-order valence-corrected chi connectivity index (χ1v) is 9.47. The van der Waals surface area contributed by atoms with E-state index in [2.05, 4.69) is 9.99 Å². The summed E-state index contributed by atoms with van der Waals surface area (Å²) in [5, 5.41) is 12.2. The van der Waals surface area contributed by atoms with Gasteiger partial charge in [0.15, 0.2) is 34.8 Å². The van der Waals surface area contributed by atoms with E-state index < -0.39 is 35.8 Å². The van der Waals surface area contributed by atoms with Crippen molar-refractivity contribution < 1.29 is 41.8 Å². The van der Waals surface area contributed by atoms with E-state index >= 15 is 0 Å². The quantitative estimate of drug-likeness (QED) is 0.265. The van der Waals surface area contributed by atoms with Crippen LogP contribution in [-0.4, -0.2) is 23.9 Å². The molecular weight excluding hydrogens is 446 g/mol. The van der Waals surface area contributed by atoms with Gasteiger partial charge in [0.1, 0.15) is 13.2 Å². The second kappa shape index (κ2) is 11.0. The Bertz CT molecular complexity index is 1170. The molecule has 172 valence electrons. The zero-order valence-corrected chi connectivity index (χ0v) is 16.9. The number of halogens is 4. The molecule has 1 N–H and O–H groups in total. The smallest absolute Gasteiger partial charge is 0.344 e. The van der Waals surface area contributed by atoms with Crippen LogP contribution in [0.4, 0.5) is 17.6 Å². The lowest BCUT2D eigenvalue weighted by molar-refractivity contribution is -0.142. The molecule has 33 heavy (non-hydrogen) atoms. The van der Waals surface area contributed by atoms with Crippen LogP contribution in [0.1, 0.15) is 16.7 Å². The van der Waals surface area contributed by atoms with E-state index in [-0.39, 0.29) is 24.7 Å². The van der Waals surface area contributed by atoms with Crippen molar-refractivity contribution in [1.82, 2.24) is 0 Å². The zero-order chi connectivity index (χ0) is 23.8. The van der Waals surface area contributed by atoms with Gasteiger partial charge in [-0.3, -0.25) is 0 Å². The Hall–Kier alpha value is -4.08. The summed E-state index contributed by atoms with van der Waals surface area (Å²) in [6, 6.07) is 11.3. The van der Waals surface area contributed by atoms with E-state index in [4.69, 9.17) is 14.6 Å². The Labute approximate surface area is 185 Å². The number of aliphatic carboxylic acids is 1. The molecule has 0 fully saturated rings. The minimum atomic E-state index is -1.22. The van der Waals surface area contributed by atoms with Gasteiger partial charge in [0.25, 0.3) is 0 Å². The predicted octanol–water partition coefficient (Wildman–Crippen LogP) is 4.84. The Balaban J connectivity index is 1.83. The third-order valence-corrected chi connectivity index (χ3v) is 4.21. The molecule has 0 aromatic heterocycles. The second-order valence-corrected chi connectivity index (χ2v) is 6.65. The molecule has 0 radical (unpaired) electrons. The van der Waals surface area contributed by atoms with Crippen LogP contribution in [0.5, 0.6) is 11.5 Å². The number of hydrogen-bond donors (Lipinski definition) is 1. The van der Waals surface area contributed by atoms with Crippen molar-refractivity contribution in [1.29, 1.82) is 0 Å². The molecule has 0 amide bonds. The minimum Gasteiger partial charge on any atom is -0.485 e. The van der Waals surface area contributed by atoms with Gasteiger partial charge in [0.2, 0.25) is 6.61 Å². The van der Waals surface area contributed by atoms with Crippen LogP contribution in [0.15, 0.2) is 59.8 Å². The van der Waals surface area contributed by atoms with Crippen molar-refractivity contribution in [3.63, 3.8) is 0 Å². The molecule has 0 saturated heterocycles. The average molecular weight is 463 g/mol. The number of para-hydroxylation sites is 1. The molecule has 0 aliphatic rings. The number of benzene rings is 3. The maximum atomic E-state index is 13.5. The van der Waals surface area contributed by atoms with Crippen molar-refractivity contribution in [3.8, 4) is 11.5 Å². The predicted molar refractivity (Wildman–Crippen MR) is 109 cm³/mol. The van der Waals surface area contributed by atoms with Crippen LogP contribution in [0.3, 0.4) is 0 Å². The zero-order valence-electron chi connectivity index (χ0n) is 16.9. The lowest BCUT2D eigenvalue weighted by atomic mass is 10.2. The maximum Gasteiger partial charge on any atom is 0.344 e. The molecule has 0 heterocycles. The van der Waals surface area contributed by atoms with Gasteiger partial charge in [-0.1, -0.05) is 23.4 Å². The summed E-state index contributed by atoms with van der Waals surface area (Å²) in [4.78, 5) is 15.2. The highest BCUT2D eigenvalue weighted by Crippen LogP contribution is 2.32. The van der Waals surface area contributed by atoms with Crippen molar-refractivity contribution in [2.75, 3.05) is 6.61 Å². The monoisotopic (exact) mass is 463 g/mol. The molecule has 3 aromatic rings. The van der Waals surface area contributed by atoms with Gasteiger partial charge in [-0.2, -0.15) is 0 Å². The number of nitrogens with zero attached hydrogens (tertiary/aromatic N) is 1. The van der Waals surface area contributed by atoms with Crippen molar-refractivity contribution >= 4 is 12.2 Å². The van der Waals surface area contributed by atoms with Gasteiger partial charge in [-0.25, -0.2) is 22.4 Å².